The van der Waals surface area contributed by atoms with Gasteiger partial charge in [-0.2, -0.15) is 0 Å². The van der Waals surface area contributed by atoms with Crippen molar-refractivity contribution in [2.75, 3.05) is 18.0 Å². The molecular formula is C31H32N2O5S. The molecular weight excluding hydrogens is 512 g/mol. The molecule has 7 nitrogen and oxygen atoms in total. The highest BCUT2D eigenvalue weighted by atomic mass is 32.2. The van der Waals surface area contributed by atoms with Crippen LogP contribution in [-0.2, 0) is 26.8 Å². The Morgan fingerprint density at radius 2 is 1.72 bits per heavy atom. The van der Waals surface area contributed by atoms with Crippen LogP contribution in [0.25, 0.3) is 10.8 Å². The summed E-state index contributed by atoms with van der Waals surface area (Å²) in [5.74, 6) is 0.511. The maximum Gasteiger partial charge on any atom is 0.264 e. The molecule has 39 heavy (non-hydrogen) atoms. The number of amides is 1. The molecule has 0 radical (unpaired) electrons. The Balaban J connectivity index is 1.47. The van der Waals surface area contributed by atoms with Gasteiger partial charge in [0.15, 0.2) is 6.10 Å². The molecule has 1 amide bonds. The van der Waals surface area contributed by atoms with Crippen LogP contribution >= 0.6 is 0 Å². The van der Waals surface area contributed by atoms with Gasteiger partial charge < -0.3 is 14.8 Å². The summed E-state index contributed by atoms with van der Waals surface area (Å²) >= 11 is 0. The maximum absolute atomic E-state index is 13.9. The highest BCUT2D eigenvalue weighted by Crippen LogP contribution is 2.40. The number of hydrogen-bond acceptors (Lipinski definition) is 5. The second-order valence-electron chi connectivity index (χ2n) is 10.6. The number of fused-ring (bicyclic) bond motifs is 2. The summed E-state index contributed by atoms with van der Waals surface area (Å²) in [6.45, 7) is 6.32. The van der Waals surface area contributed by atoms with Crippen molar-refractivity contribution in [2.24, 2.45) is 0 Å². The van der Waals surface area contributed by atoms with E-state index in [2.05, 4.69) is 26.1 Å². The third-order valence-corrected chi connectivity index (χ3v) is 8.76. The molecule has 1 atom stereocenters. The lowest BCUT2D eigenvalue weighted by molar-refractivity contribution is -0.127. The molecule has 0 saturated carbocycles. The Kier molecular flexibility index (Phi) is 6.99. The van der Waals surface area contributed by atoms with Gasteiger partial charge in [0.2, 0.25) is 0 Å². The fraction of sp³-hybridized carbons (Fsp3) is 0.258. The van der Waals surface area contributed by atoms with Gasteiger partial charge in [0.25, 0.3) is 15.9 Å². The Bertz CT molecular complexity index is 1620. The van der Waals surface area contributed by atoms with Crippen LogP contribution in [0.1, 0.15) is 31.9 Å². The summed E-state index contributed by atoms with van der Waals surface area (Å²) in [5, 5.41) is 5.08. The molecule has 0 unspecified atom stereocenters. The number of benzene rings is 4. The zero-order chi connectivity index (χ0) is 27.8. The SMILES string of the molecule is COc1ccc(S(=O)(=O)N2C[C@@H](C(=O)NCc3cccc4ccccc34)Oc3ccc(C(C)(C)C)cc32)cc1. The molecule has 0 bridgehead atoms. The van der Waals surface area contributed by atoms with Crippen molar-refractivity contribution in [1.82, 2.24) is 5.32 Å². The normalized spacial score (nSPS) is 15.4. The highest BCUT2D eigenvalue weighted by molar-refractivity contribution is 7.92. The van der Waals surface area contributed by atoms with E-state index in [0.717, 1.165) is 21.9 Å². The van der Waals surface area contributed by atoms with E-state index in [1.54, 1.807) is 18.2 Å². The van der Waals surface area contributed by atoms with E-state index in [9.17, 15) is 13.2 Å². The first-order valence-electron chi connectivity index (χ1n) is 12.8. The number of hydrogen-bond donors (Lipinski definition) is 1. The monoisotopic (exact) mass is 544 g/mol. The first-order chi connectivity index (χ1) is 18.6. The lowest BCUT2D eigenvalue weighted by atomic mass is 9.86. The van der Waals surface area contributed by atoms with Gasteiger partial charge in [-0.05, 0) is 63.7 Å². The van der Waals surface area contributed by atoms with Crippen molar-refractivity contribution in [3.63, 3.8) is 0 Å². The van der Waals surface area contributed by atoms with Crippen LogP contribution in [0.5, 0.6) is 11.5 Å². The van der Waals surface area contributed by atoms with Crippen LogP contribution in [-0.4, -0.2) is 34.1 Å². The number of methoxy groups -OCH3 is 1. The summed E-state index contributed by atoms with van der Waals surface area (Å²) in [6, 6.07) is 25.6. The van der Waals surface area contributed by atoms with Crippen LogP contribution in [0.3, 0.4) is 0 Å². The van der Waals surface area contributed by atoms with E-state index in [1.165, 1.54) is 23.5 Å². The minimum Gasteiger partial charge on any atom is -0.497 e. The number of nitrogens with one attached hydrogen (secondary N) is 1. The van der Waals surface area contributed by atoms with Gasteiger partial charge in [0.05, 0.1) is 24.2 Å². The van der Waals surface area contributed by atoms with Gasteiger partial charge in [-0.25, -0.2) is 8.42 Å². The molecule has 0 aromatic heterocycles. The molecule has 1 N–H and O–H groups in total. The van der Waals surface area contributed by atoms with Crippen molar-refractivity contribution in [1.29, 1.82) is 0 Å². The molecule has 202 valence electrons. The van der Waals surface area contributed by atoms with Crippen LogP contribution in [0.2, 0.25) is 0 Å². The Morgan fingerprint density at radius 1 is 1.00 bits per heavy atom. The van der Waals surface area contributed by atoms with Gasteiger partial charge in [0.1, 0.15) is 11.5 Å². The number of carbonyl (C=O) groups excluding carboxylic acids is 1. The summed E-state index contributed by atoms with van der Waals surface area (Å²) < 4.78 is 40.4. The predicted octanol–water partition coefficient (Wildman–Crippen LogP) is 5.42. The third-order valence-electron chi connectivity index (χ3n) is 6.97. The summed E-state index contributed by atoms with van der Waals surface area (Å²) in [5.41, 5.74) is 2.13. The first kappa shape index (κ1) is 26.6. The Hall–Kier alpha value is -4.04. The van der Waals surface area contributed by atoms with E-state index in [1.807, 2.05) is 54.6 Å². The standard InChI is InChI=1S/C31H32N2O5S/c1-31(2,3)23-12-17-28-27(18-23)33(39(35,36)25-15-13-24(37-4)14-16-25)20-29(38-28)30(34)32-19-22-10-7-9-21-8-5-6-11-26(21)22/h5-18,29H,19-20H2,1-4H3,(H,32,34)/t29-/m0/s1. The van der Waals surface area contributed by atoms with E-state index >= 15 is 0 Å². The van der Waals surface area contributed by atoms with Crippen LogP contribution in [0.15, 0.2) is 89.8 Å². The number of ether oxygens (including phenoxy) is 2. The smallest absolute Gasteiger partial charge is 0.264 e. The molecule has 1 aliphatic rings. The molecule has 0 aliphatic carbocycles. The largest absolute Gasteiger partial charge is 0.497 e. The van der Waals surface area contributed by atoms with Crippen molar-refractivity contribution >= 4 is 32.4 Å². The maximum atomic E-state index is 13.9. The number of anilines is 1. The molecule has 4 aromatic rings. The Morgan fingerprint density at radius 3 is 2.44 bits per heavy atom. The lowest BCUT2D eigenvalue weighted by Crippen LogP contribution is -2.50. The van der Waals surface area contributed by atoms with Gasteiger partial charge >= 0.3 is 0 Å². The summed E-state index contributed by atoms with van der Waals surface area (Å²) in [4.78, 5) is 13.5. The van der Waals surface area contributed by atoms with E-state index in [0.29, 0.717) is 23.7 Å². The average molecular weight is 545 g/mol. The van der Waals surface area contributed by atoms with Crippen molar-refractivity contribution < 1.29 is 22.7 Å². The van der Waals surface area contributed by atoms with Gasteiger partial charge in [-0.1, -0.05) is 69.3 Å². The minimum absolute atomic E-state index is 0.104. The number of nitrogens with zero attached hydrogens (tertiary/aromatic N) is 1. The molecule has 0 spiro atoms. The van der Waals surface area contributed by atoms with E-state index in [4.69, 9.17) is 9.47 Å². The van der Waals surface area contributed by atoms with Crippen LogP contribution in [0, 0.1) is 0 Å². The van der Waals surface area contributed by atoms with Crippen molar-refractivity contribution in [2.45, 2.75) is 43.7 Å². The minimum atomic E-state index is -4.01. The fourth-order valence-corrected chi connectivity index (χ4v) is 6.17. The summed E-state index contributed by atoms with van der Waals surface area (Å²) in [7, 11) is -2.48. The lowest BCUT2D eigenvalue weighted by Gasteiger charge is -2.36. The van der Waals surface area contributed by atoms with E-state index < -0.39 is 16.1 Å². The van der Waals surface area contributed by atoms with Crippen molar-refractivity contribution in [3.05, 3.63) is 96.1 Å². The van der Waals surface area contributed by atoms with Crippen molar-refractivity contribution in [3.8, 4) is 11.5 Å². The second-order valence-corrected chi connectivity index (χ2v) is 12.5. The Labute approximate surface area is 229 Å². The molecule has 0 fully saturated rings. The molecule has 4 aromatic carbocycles. The zero-order valence-electron chi connectivity index (χ0n) is 22.5. The van der Waals surface area contributed by atoms with Crippen LogP contribution in [0.4, 0.5) is 5.69 Å². The zero-order valence-corrected chi connectivity index (χ0v) is 23.3. The van der Waals surface area contributed by atoms with Crippen LogP contribution < -0.4 is 19.1 Å². The average Bonchev–Trinajstić information content (AvgIpc) is 2.94. The first-order valence-corrected chi connectivity index (χ1v) is 14.2. The van der Waals surface area contributed by atoms with Gasteiger partial charge in [-0.15, -0.1) is 0 Å². The molecule has 5 rings (SSSR count). The topological polar surface area (TPSA) is 84.9 Å². The van der Waals surface area contributed by atoms with E-state index in [-0.39, 0.29) is 22.8 Å². The van der Waals surface area contributed by atoms with Gasteiger partial charge in [0, 0.05) is 6.54 Å². The third kappa shape index (κ3) is 5.29. The molecule has 1 heterocycles. The highest BCUT2D eigenvalue weighted by Gasteiger charge is 2.38. The predicted molar refractivity (Wildman–Crippen MR) is 153 cm³/mol. The summed E-state index contributed by atoms with van der Waals surface area (Å²) in [6.07, 6.45) is -1.03. The molecule has 8 heteroatoms. The fourth-order valence-electron chi connectivity index (χ4n) is 4.70. The molecule has 1 aliphatic heterocycles. The molecule has 0 saturated heterocycles. The second kappa shape index (κ2) is 10.3. The number of rotatable bonds is 6. The quantitative estimate of drug-likeness (QED) is 0.351. The van der Waals surface area contributed by atoms with Gasteiger partial charge in [-0.3, -0.25) is 9.10 Å². The number of carbonyl (C=O) groups is 1. The number of sulfonamides is 1.